The fourth-order valence-electron chi connectivity index (χ4n) is 2.87. The molecule has 0 saturated heterocycles. The van der Waals surface area contributed by atoms with Crippen LogP contribution in [0.15, 0.2) is 48.5 Å². The first-order valence-electron chi connectivity index (χ1n) is 9.97. The molecule has 7 heteroatoms. The van der Waals surface area contributed by atoms with Crippen LogP contribution in [0.1, 0.15) is 31.4 Å². The highest BCUT2D eigenvalue weighted by Crippen LogP contribution is 2.18. The van der Waals surface area contributed by atoms with Crippen LogP contribution in [0.4, 0.5) is 4.39 Å². The van der Waals surface area contributed by atoms with Crippen LogP contribution >= 0.6 is 11.8 Å². The minimum absolute atomic E-state index is 0.121. The molecule has 162 valence electrons. The Balaban J connectivity index is 2.06. The van der Waals surface area contributed by atoms with E-state index in [-0.39, 0.29) is 23.4 Å². The molecule has 0 aromatic heterocycles. The lowest BCUT2D eigenvalue weighted by molar-refractivity contribution is -0.138. The van der Waals surface area contributed by atoms with Crippen LogP contribution in [-0.4, -0.2) is 42.2 Å². The van der Waals surface area contributed by atoms with Gasteiger partial charge in [0.15, 0.2) is 0 Å². The average Bonchev–Trinajstić information content (AvgIpc) is 2.76. The number of amides is 2. The standard InChI is InChI=1S/C23H29FN2O3S/c1-4-12-25-23(28)17(2)26(14-19-6-5-7-21(13-19)29-3)22(27)16-30-15-18-8-10-20(24)11-9-18/h5-11,13,17H,4,12,14-16H2,1-3H3,(H,25,28). The third-order valence-electron chi connectivity index (χ3n) is 4.61. The van der Waals surface area contributed by atoms with Gasteiger partial charge in [-0.25, -0.2) is 4.39 Å². The summed E-state index contributed by atoms with van der Waals surface area (Å²) >= 11 is 1.44. The zero-order chi connectivity index (χ0) is 21.9. The van der Waals surface area contributed by atoms with E-state index in [1.165, 1.54) is 23.9 Å². The largest absolute Gasteiger partial charge is 0.497 e. The van der Waals surface area contributed by atoms with Crippen molar-refractivity contribution in [2.45, 2.75) is 38.6 Å². The summed E-state index contributed by atoms with van der Waals surface area (Å²) in [5, 5.41) is 2.86. The Kier molecular flexibility index (Phi) is 9.67. The fourth-order valence-corrected chi connectivity index (χ4v) is 3.74. The predicted octanol–water partition coefficient (Wildman–Crippen LogP) is 4.01. The molecule has 1 N–H and O–H groups in total. The lowest BCUT2D eigenvalue weighted by atomic mass is 10.1. The van der Waals surface area contributed by atoms with Crippen molar-refractivity contribution in [3.05, 3.63) is 65.5 Å². The normalized spacial score (nSPS) is 11.6. The van der Waals surface area contributed by atoms with Crippen molar-refractivity contribution in [1.82, 2.24) is 10.2 Å². The Morgan fingerprint density at radius 1 is 1.17 bits per heavy atom. The molecule has 0 aliphatic heterocycles. The summed E-state index contributed by atoms with van der Waals surface area (Å²) in [7, 11) is 1.59. The second kappa shape index (κ2) is 12.2. The summed E-state index contributed by atoms with van der Waals surface area (Å²) in [4.78, 5) is 27.1. The maximum atomic E-state index is 13.0. The van der Waals surface area contributed by atoms with E-state index in [1.807, 2.05) is 31.2 Å². The molecular formula is C23H29FN2O3S. The number of methoxy groups -OCH3 is 1. The molecule has 2 aromatic rings. The highest BCUT2D eigenvalue weighted by Gasteiger charge is 2.25. The van der Waals surface area contributed by atoms with Crippen molar-refractivity contribution < 1.29 is 18.7 Å². The van der Waals surface area contributed by atoms with Crippen LogP contribution in [0.25, 0.3) is 0 Å². The number of halogens is 1. The van der Waals surface area contributed by atoms with Crippen molar-refractivity contribution in [3.8, 4) is 5.75 Å². The number of nitrogens with one attached hydrogen (secondary N) is 1. The topological polar surface area (TPSA) is 58.6 Å². The summed E-state index contributed by atoms with van der Waals surface area (Å²) in [5.41, 5.74) is 1.84. The van der Waals surface area contributed by atoms with Gasteiger partial charge in [-0.2, -0.15) is 0 Å². The first kappa shape index (κ1) is 23.7. The van der Waals surface area contributed by atoms with Gasteiger partial charge in [0.05, 0.1) is 12.9 Å². The number of ether oxygens (including phenoxy) is 1. The second-order valence-corrected chi connectivity index (χ2v) is 7.95. The van der Waals surface area contributed by atoms with Crippen molar-refractivity contribution in [1.29, 1.82) is 0 Å². The number of carbonyl (C=O) groups is 2. The van der Waals surface area contributed by atoms with Gasteiger partial charge < -0.3 is 15.0 Å². The first-order valence-corrected chi connectivity index (χ1v) is 11.1. The Hall–Kier alpha value is -2.54. The molecule has 0 bridgehead atoms. The minimum atomic E-state index is -0.596. The van der Waals surface area contributed by atoms with E-state index in [2.05, 4.69) is 5.32 Å². The first-order chi connectivity index (χ1) is 14.4. The summed E-state index contributed by atoms with van der Waals surface area (Å²) in [6.07, 6.45) is 0.829. The summed E-state index contributed by atoms with van der Waals surface area (Å²) in [6, 6.07) is 13.1. The molecule has 1 unspecified atom stereocenters. The van der Waals surface area contributed by atoms with Gasteiger partial charge in [0.25, 0.3) is 0 Å². The van der Waals surface area contributed by atoms with Crippen molar-refractivity contribution in [2.24, 2.45) is 0 Å². The van der Waals surface area contributed by atoms with Gasteiger partial charge >= 0.3 is 0 Å². The number of carbonyl (C=O) groups excluding carboxylic acids is 2. The van der Waals surface area contributed by atoms with Gasteiger partial charge in [-0.05, 0) is 48.7 Å². The van der Waals surface area contributed by atoms with Gasteiger partial charge in [-0.3, -0.25) is 9.59 Å². The quantitative estimate of drug-likeness (QED) is 0.583. The SMILES string of the molecule is CCCNC(=O)C(C)N(Cc1cccc(OC)c1)C(=O)CSCc1ccc(F)cc1. The maximum absolute atomic E-state index is 13.0. The molecule has 0 aliphatic carbocycles. The van der Waals surface area contributed by atoms with Crippen molar-refractivity contribution in [2.75, 3.05) is 19.4 Å². The molecule has 0 aliphatic rings. The van der Waals surface area contributed by atoms with E-state index >= 15 is 0 Å². The zero-order valence-electron chi connectivity index (χ0n) is 17.7. The van der Waals surface area contributed by atoms with Crippen LogP contribution in [0.3, 0.4) is 0 Å². The number of thioether (sulfide) groups is 1. The van der Waals surface area contributed by atoms with Gasteiger partial charge in [0, 0.05) is 18.8 Å². The maximum Gasteiger partial charge on any atom is 0.242 e. The lowest BCUT2D eigenvalue weighted by Crippen LogP contribution is -2.48. The molecule has 0 spiro atoms. The molecule has 0 heterocycles. The molecule has 0 fully saturated rings. The Morgan fingerprint density at radius 2 is 1.90 bits per heavy atom. The predicted molar refractivity (Wildman–Crippen MR) is 119 cm³/mol. The third-order valence-corrected chi connectivity index (χ3v) is 5.60. The second-order valence-electron chi connectivity index (χ2n) is 6.96. The molecular weight excluding hydrogens is 403 g/mol. The van der Waals surface area contributed by atoms with E-state index in [9.17, 15) is 14.0 Å². The monoisotopic (exact) mass is 432 g/mol. The van der Waals surface area contributed by atoms with Gasteiger partial charge in [-0.1, -0.05) is 31.2 Å². The van der Waals surface area contributed by atoms with Crippen LogP contribution in [0.5, 0.6) is 5.75 Å². The highest BCUT2D eigenvalue weighted by atomic mass is 32.2. The summed E-state index contributed by atoms with van der Waals surface area (Å²) in [5.74, 6) is 0.952. The van der Waals surface area contributed by atoms with E-state index in [1.54, 1.807) is 31.1 Å². The van der Waals surface area contributed by atoms with Crippen LogP contribution < -0.4 is 10.1 Å². The van der Waals surface area contributed by atoms with Crippen molar-refractivity contribution >= 4 is 23.6 Å². The third kappa shape index (κ3) is 7.37. The molecule has 1 atom stereocenters. The lowest BCUT2D eigenvalue weighted by Gasteiger charge is -2.29. The highest BCUT2D eigenvalue weighted by molar-refractivity contribution is 7.99. The Bertz CT molecular complexity index is 829. The van der Waals surface area contributed by atoms with E-state index in [0.717, 1.165) is 17.5 Å². The Morgan fingerprint density at radius 3 is 2.57 bits per heavy atom. The van der Waals surface area contributed by atoms with E-state index in [0.29, 0.717) is 24.6 Å². The number of nitrogens with zero attached hydrogens (tertiary/aromatic N) is 1. The van der Waals surface area contributed by atoms with Crippen LogP contribution in [-0.2, 0) is 21.9 Å². The van der Waals surface area contributed by atoms with E-state index in [4.69, 9.17) is 4.74 Å². The van der Waals surface area contributed by atoms with Crippen LogP contribution in [0.2, 0.25) is 0 Å². The van der Waals surface area contributed by atoms with Gasteiger partial charge in [-0.15, -0.1) is 11.8 Å². The molecule has 2 amide bonds. The smallest absolute Gasteiger partial charge is 0.242 e. The fraction of sp³-hybridized carbons (Fsp3) is 0.391. The summed E-state index contributed by atoms with van der Waals surface area (Å²) in [6.45, 7) is 4.61. The molecule has 5 nitrogen and oxygen atoms in total. The number of benzene rings is 2. The van der Waals surface area contributed by atoms with Crippen molar-refractivity contribution in [3.63, 3.8) is 0 Å². The molecule has 2 rings (SSSR count). The van der Waals surface area contributed by atoms with Gasteiger partial charge in [0.1, 0.15) is 17.6 Å². The van der Waals surface area contributed by atoms with Crippen LogP contribution in [0, 0.1) is 5.82 Å². The minimum Gasteiger partial charge on any atom is -0.497 e. The molecule has 0 radical (unpaired) electrons. The average molecular weight is 433 g/mol. The van der Waals surface area contributed by atoms with E-state index < -0.39 is 6.04 Å². The van der Waals surface area contributed by atoms with Gasteiger partial charge in [0.2, 0.25) is 11.8 Å². The number of hydrogen-bond donors (Lipinski definition) is 1. The molecule has 30 heavy (non-hydrogen) atoms. The number of rotatable bonds is 11. The zero-order valence-corrected chi connectivity index (χ0v) is 18.5. The molecule has 0 saturated carbocycles. The molecule has 2 aromatic carbocycles. The summed E-state index contributed by atoms with van der Waals surface area (Å²) < 4.78 is 18.3. The Labute approximate surface area is 182 Å². The number of hydrogen-bond acceptors (Lipinski definition) is 4.